The fourth-order valence-electron chi connectivity index (χ4n) is 9.80. The van der Waals surface area contributed by atoms with Crippen molar-refractivity contribution in [2.24, 2.45) is 23.5 Å². The molecule has 23 nitrogen and oxygen atoms in total. The number of benzene rings is 3. The van der Waals surface area contributed by atoms with E-state index in [1.54, 1.807) is 90.5 Å². The monoisotopic (exact) mass is 1440 g/mol. The number of thioether (sulfide) groups is 2. The minimum Gasteiger partial charge on any atom is -0.396 e. The SMILES string of the molecule is CCC(CO)CCc1nc2ccc(S(=O)(=O)N3CCOCC3)cc2s1.CSc1cnc(CCC(CO)CCc2nc3ccc(S(=O)(=O)N4CCOCC4)cc3s2)nc1.CSc1cnc(Cl)nc1.NCC(CO)CCc1nc2ccc(S(=O)(=O)N3CCOCC3)cc2s1. The van der Waals surface area contributed by atoms with Crippen LogP contribution in [0.1, 0.15) is 59.9 Å². The van der Waals surface area contributed by atoms with Gasteiger partial charge in [-0.25, -0.2) is 60.1 Å². The zero-order valence-corrected chi connectivity index (χ0v) is 58.9. The first-order valence-electron chi connectivity index (χ1n) is 30.2. The van der Waals surface area contributed by atoms with Crippen molar-refractivity contribution in [3.8, 4) is 0 Å². The molecule has 0 spiro atoms. The summed E-state index contributed by atoms with van der Waals surface area (Å²) in [6.45, 7) is 7.81. The maximum absolute atomic E-state index is 12.9. The fourth-order valence-corrected chi connectivity index (χ4v) is 18.1. The lowest BCUT2D eigenvalue weighted by molar-refractivity contribution is 0.0730. The van der Waals surface area contributed by atoms with Crippen molar-refractivity contribution < 1.29 is 54.8 Å². The Hall–Kier alpha value is -4.07. The van der Waals surface area contributed by atoms with Crippen molar-refractivity contribution in [1.82, 2.24) is 47.8 Å². The van der Waals surface area contributed by atoms with Crippen molar-refractivity contribution in [2.75, 3.05) is 118 Å². The van der Waals surface area contributed by atoms with Gasteiger partial charge in [0.25, 0.3) is 0 Å². The molecule has 11 rings (SSSR count). The molecule has 3 aromatic carbocycles. The highest BCUT2D eigenvalue weighted by Crippen LogP contribution is 2.32. The Morgan fingerprint density at radius 1 is 0.511 bits per heavy atom. The Morgan fingerprint density at radius 3 is 1.16 bits per heavy atom. The summed E-state index contributed by atoms with van der Waals surface area (Å²) in [5.41, 5.74) is 8.04. The van der Waals surface area contributed by atoms with E-state index in [2.05, 4.69) is 41.8 Å². The van der Waals surface area contributed by atoms with Gasteiger partial charge in [-0.1, -0.05) is 13.3 Å². The molecule has 8 aromatic rings. The number of halogens is 1. The molecule has 3 saturated heterocycles. The number of hydrogen-bond acceptors (Lipinski definition) is 25. The molecule has 502 valence electrons. The molecule has 3 aliphatic rings. The number of morpholine rings is 3. The van der Waals surface area contributed by atoms with Gasteiger partial charge in [-0.2, -0.15) is 12.9 Å². The molecule has 3 unspecified atom stereocenters. The smallest absolute Gasteiger partial charge is 0.243 e. The van der Waals surface area contributed by atoms with Crippen LogP contribution >= 0.6 is 69.1 Å². The van der Waals surface area contributed by atoms with Crippen LogP contribution in [-0.4, -0.2) is 206 Å². The van der Waals surface area contributed by atoms with Crippen LogP contribution in [0.25, 0.3) is 30.6 Å². The number of nitrogens with two attached hydrogens (primary N) is 1. The number of nitrogens with zero attached hydrogens (tertiary/aromatic N) is 10. The van der Waals surface area contributed by atoms with Crippen molar-refractivity contribution in [2.45, 2.75) is 89.2 Å². The predicted octanol–water partition coefficient (Wildman–Crippen LogP) is 7.94. The summed E-state index contributed by atoms with van der Waals surface area (Å²) in [5, 5.41) is 31.5. The summed E-state index contributed by atoms with van der Waals surface area (Å²) in [6.07, 6.45) is 18.2. The van der Waals surface area contributed by atoms with Gasteiger partial charge in [0.15, 0.2) is 0 Å². The molecule has 3 atom stereocenters. The number of hydrogen-bond donors (Lipinski definition) is 4. The van der Waals surface area contributed by atoms with Gasteiger partial charge < -0.3 is 35.3 Å². The second kappa shape index (κ2) is 36.3. The number of thiazole rings is 3. The van der Waals surface area contributed by atoms with E-state index in [9.17, 15) is 40.6 Å². The minimum absolute atomic E-state index is 0.0728. The van der Waals surface area contributed by atoms with Gasteiger partial charge >= 0.3 is 0 Å². The zero-order valence-electron chi connectivity index (χ0n) is 51.6. The van der Waals surface area contributed by atoms with Crippen LogP contribution in [0.4, 0.5) is 0 Å². The molecule has 8 heterocycles. The Kier molecular flexibility index (Phi) is 29.1. The van der Waals surface area contributed by atoms with Gasteiger partial charge in [0.2, 0.25) is 35.4 Å². The zero-order chi connectivity index (χ0) is 65.7. The Balaban J connectivity index is 0.000000168. The van der Waals surface area contributed by atoms with E-state index >= 15 is 0 Å². The molecule has 3 fully saturated rings. The average molecular weight is 1440 g/mol. The van der Waals surface area contributed by atoms with Gasteiger partial charge in [-0.05, 0) is 148 Å². The summed E-state index contributed by atoms with van der Waals surface area (Å²) in [5.74, 6) is 1.30. The first-order valence-corrected chi connectivity index (χ1v) is 39.8. The van der Waals surface area contributed by atoms with Crippen molar-refractivity contribution in [3.05, 3.63) is 106 Å². The lowest BCUT2D eigenvalue weighted by atomic mass is 9.98. The third kappa shape index (κ3) is 20.7. The lowest BCUT2D eigenvalue weighted by Crippen LogP contribution is -2.40. The van der Waals surface area contributed by atoms with Gasteiger partial charge in [-0.3, -0.25) is 0 Å². The van der Waals surface area contributed by atoms with Crippen LogP contribution < -0.4 is 5.73 Å². The predicted molar refractivity (Wildman–Crippen MR) is 365 cm³/mol. The number of aliphatic hydroxyl groups excluding tert-OH is 3. The third-order valence-corrected chi connectivity index (χ3v) is 26.0. The van der Waals surface area contributed by atoms with E-state index in [0.717, 1.165) is 119 Å². The van der Waals surface area contributed by atoms with Crippen LogP contribution in [0.3, 0.4) is 0 Å². The number of aliphatic hydroxyl groups is 3. The van der Waals surface area contributed by atoms with E-state index in [-0.39, 0.29) is 31.7 Å². The summed E-state index contributed by atoms with van der Waals surface area (Å²) in [7, 11) is -10.5. The summed E-state index contributed by atoms with van der Waals surface area (Å²) in [4.78, 5) is 33.1. The van der Waals surface area contributed by atoms with E-state index in [1.165, 1.54) is 46.9 Å². The topological polar surface area (TPSA) is 317 Å². The van der Waals surface area contributed by atoms with Crippen molar-refractivity contribution in [1.29, 1.82) is 0 Å². The third-order valence-electron chi connectivity index (χ3n) is 15.5. The van der Waals surface area contributed by atoms with Crippen LogP contribution in [-0.2, 0) is 70.0 Å². The lowest BCUT2D eigenvalue weighted by Gasteiger charge is -2.25. The highest BCUT2D eigenvalue weighted by molar-refractivity contribution is 7.98. The Morgan fingerprint density at radius 2 is 0.837 bits per heavy atom. The van der Waals surface area contributed by atoms with Crippen LogP contribution in [0.15, 0.2) is 104 Å². The summed E-state index contributed by atoms with van der Waals surface area (Å²) < 4.78 is 99.6. The Bertz CT molecular complexity index is 3780. The first-order chi connectivity index (χ1) is 44.4. The molecule has 32 heteroatoms. The number of ether oxygens (including phenoxy) is 3. The minimum atomic E-state index is -3.53. The standard InChI is InChI=1S/C22H28N4O4S3.C17H24N2O4S2.C16H23N3O4S2.C5H5ClN2S/c1-31-17-13-23-21(24-14-17)6-2-16(15-27)3-7-22-25-19-5-4-18(12-20(19)32-22)33(28,29)26-8-10-30-11-9-26;1-2-13(12-20)3-6-17-18-15-5-4-14(11-16(15)24-17)25(21,22)19-7-9-23-10-8-19;17-10-12(11-20)1-4-16-18-14-3-2-13(9-15(14)24-16)25(21,22)19-5-7-23-8-6-19;1-9-4-2-7-5(6)8-3-4/h4-5,12-14,16,27H,2-3,6-11,15H2,1H3;4-5,11,13,20H,2-3,6-10,12H2,1H3;2-3,9,12,20H,1,4-8,10-11,17H2;2-3H,1H3. The Labute approximate surface area is 564 Å². The number of aromatic nitrogens is 7. The highest BCUT2D eigenvalue weighted by Gasteiger charge is 2.30. The molecule has 5 N–H and O–H groups in total. The molecule has 0 saturated carbocycles. The summed E-state index contributed by atoms with van der Waals surface area (Å²) in [6, 6.07) is 15.4. The molecule has 0 radical (unpaired) electrons. The molecular formula is C60H80ClN11O12S8. The van der Waals surface area contributed by atoms with E-state index in [1.807, 2.05) is 24.9 Å². The fraction of sp³-hybridized carbons (Fsp3) is 0.517. The second-order valence-electron chi connectivity index (χ2n) is 21.6. The van der Waals surface area contributed by atoms with Crippen LogP contribution in [0.5, 0.6) is 0 Å². The first kappa shape index (κ1) is 73.7. The van der Waals surface area contributed by atoms with Gasteiger partial charge in [0.1, 0.15) is 5.82 Å². The largest absolute Gasteiger partial charge is 0.396 e. The summed E-state index contributed by atoms with van der Waals surface area (Å²) >= 11 is 13.2. The van der Waals surface area contributed by atoms with Crippen LogP contribution in [0, 0.1) is 17.8 Å². The molecule has 92 heavy (non-hydrogen) atoms. The van der Waals surface area contributed by atoms with Crippen LogP contribution in [0.2, 0.25) is 5.28 Å². The molecule has 3 aliphatic heterocycles. The van der Waals surface area contributed by atoms with E-state index < -0.39 is 30.1 Å². The second-order valence-corrected chi connectivity index (χ2v) is 32.9. The highest BCUT2D eigenvalue weighted by atomic mass is 35.5. The van der Waals surface area contributed by atoms with E-state index in [4.69, 9.17) is 31.5 Å². The van der Waals surface area contributed by atoms with Gasteiger partial charge in [0, 0.05) is 100 Å². The molecule has 0 bridgehead atoms. The van der Waals surface area contributed by atoms with E-state index in [0.29, 0.717) is 111 Å². The molecule has 5 aromatic heterocycles. The number of fused-ring (bicyclic) bond motifs is 3. The number of aryl methyl sites for hydroxylation is 4. The maximum Gasteiger partial charge on any atom is 0.243 e. The van der Waals surface area contributed by atoms with Gasteiger partial charge in [-0.15, -0.1) is 57.5 Å². The van der Waals surface area contributed by atoms with Gasteiger partial charge in [0.05, 0.1) is 100 Å². The van der Waals surface area contributed by atoms with Crippen molar-refractivity contribution >= 4 is 130 Å². The molecule has 0 amide bonds. The maximum atomic E-state index is 12.9. The van der Waals surface area contributed by atoms with Crippen molar-refractivity contribution in [3.63, 3.8) is 0 Å². The molecule has 0 aliphatic carbocycles. The average Bonchev–Trinajstić information content (AvgIpc) is 1.47. The number of rotatable bonds is 25. The quantitative estimate of drug-likeness (QED) is 0.0311. The molecular weight excluding hydrogens is 1360 g/mol. The normalized spacial score (nSPS) is 16.5. The number of sulfonamides is 3.